The van der Waals surface area contributed by atoms with Crippen LogP contribution in [0.25, 0.3) is 0 Å². The zero-order chi connectivity index (χ0) is 6.41. The lowest BCUT2D eigenvalue weighted by atomic mass is 10.4. The molecule has 0 saturated carbocycles. The lowest BCUT2D eigenvalue weighted by Gasteiger charge is -1.85. The molecule has 0 aliphatic carbocycles. The van der Waals surface area contributed by atoms with Crippen LogP contribution in [0.5, 0.6) is 0 Å². The molecular formula is C5H8ClNO. The van der Waals surface area contributed by atoms with Crippen LogP contribution in [0.2, 0.25) is 0 Å². The Morgan fingerprint density at radius 3 is 2.88 bits per heavy atom. The van der Waals surface area contributed by atoms with Crippen LogP contribution in [0.1, 0.15) is 6.92 Å². The van der Waals surface area contributed by atoms with E-state index in [1.165, 1.54) is 6.20 Å². The summed E-state index contributed by atoms with van der Waals surface area (Å²) in [6.07, 6.45) is 1.51. The molecule has 0 aliphatic rings. The summed E-state index contributed by atoms with van der Waals surface area (Å²) in [5, 5.41) is 8.38. The van der Waals surface area contributed by atoms with E-state index in [0.29, 0.717) is 0 Å². The van der Waals surface area contributed by atoms with Gasteiger partial charge in [-0.25, -0.2) is 0 Å². The number of halogens is 1. The summed E-state index contributed by atoms with van der Waals surface area (Å²) in [7, 11) is 0. The van der Waals surface area contributed by atoms with Crippen molar-refractivity contribution in [2.45, 2.75) is 6.92 Å². The maximum atomic E-state index is 8.38. The fourth-order valence-electron chi connectivity index (χ4n) is 0.196. The lowest BCUT2D eigenvalue weighted by Crippen LogP contribution is -1.80. The molecule has 0 aromatic carbocycles. The van der Waals surface area contributed by atoms with Gasteiger partial charge >= 0.3 is 0 Å². The average molecular weight is 134 g/mol. The minimum absolute atomic E-state index is 0.0359. The molecule has 0 radical (unpaired) electrons. The van der Waals surface area contributed by atoms with Gasteiger partial charge in [-0.15, -0.1) is 0 Å². The highest BCUT2D eigenvalue weighted by atomic mass is 35.5. The number of hydrogen-bond donors (Lipinski definition) is 1. The minimum Gasteiger partial charge on any atom is -0.392 e. The molecule has 0 heterocycles. The first-order chi connectivity index (χ1) is 3.81. The smallest absolute Gasteiger partial charge is 0.0926 e. The van der Waals surface area contributed by atoms with Crippen molar-refractivity contribution in [3.63, 3.8) is 0 Å². The van der Waals surface area contributed by atoms with E-state index in [1.807, 2.05) is 0 Å². The standard InChI is InChI=1S/C5H8ClNO/c1-5(3-8)2-7-4-6/h2,4,8H,3H2,1H3/b5-2+,7-4-. The first kappa shape index (κ1) is 7.66. The topological polar surface area (TPSA) is 32.6 Å². The van der Waals surface area contributed by atoms with Crippen molar-refractivity contribution in [1.29, 1.82) is 0 Å². The van der Waals surface area contributed by atoms with Crippen molar-refractivity contribution in [2.24, 2.45) is 4.99 Å². The van der Waals surface area contributed by atoms with Gasteiger partial charge in [-0.2, -0.15) is 0 Å². The molecule has 0 aromatic rings. The van der Waals surface area contributed by atoms with Gasteiger partial charge in [0.15, 0.2) is 0 Å². The van der Waals surface area contributed by atoms with Gasteiger partial charge < -0.3 is 5.11 Å². The molecule has 0 spiro atoms. The van der Waals surface area contributed by atoms with E-state index in [1.54, 1.807) is 6.92 Å². The van der Waals surface area contributed by atoms with Gasteiger partial charge in [-0.3, -0.25) is 4.99 Å². The Morgan fingerprint density at radius 2 is 2.50 bits per heavy atom. The summed E-state index contributed by atoms with van der Waals surface area (Å²) in [4.78, 5) is 3.56. The predicted octanol–water partition coefficient (Wildman–Crippen LogP) is 1.15. The molecular weight excluding hydrogens is 126 g/mol. The number of aliphatic hydroxyl groups excluding tert-OH is 1. The molecule has 1 N–H and O–H groups in total. The Morgan fingerprint density at radius 1 is 1.88 bits per heavy atom. The summed E-state index contributed by atoms with van der Waals surface area (Å²) in [6.45, 7) is 1.80. The molecule has 0 aliphatic heterocycles. The largest absolute Gasteiger partial charge is 0.392 e. The van der Waals surface area contributed by atoms with Crippen LogP contribution in [0, 0.1) is 0 Å². The highest BCUT2D eigenvalue weighted by Gasteiger charge is 1.78. The van der Waals surface area contributed by atoms with Crippen LogP contribution in [-0.4, -0.2) is 17.4 Å². The van der Waals surface area contributed by atoms with Crippen molar-refractivity contribution < 1.29 is 5.11 Å². The van der Waals surface area contributed by atoms with Gasteiger partial charge in [0.1, 0.15) is 0 Å². The third-order valence-electron chi connectivity index (χ3n) is 0.601. The molecule has 0 fully saturated rings. The Hall–Kier alpha value is -0.340. The maximum Gasteiger partial charge on any atom is 0.0926 e. The Balaban J connectivity index is 3.57. The number of nitrogens with zero attached hydrogens (tertiary/aromatic N) is 1. The summed E-state index contributed by atoms with van der Waals surface area (Å²) in [5.74, 6) is 0. The van der Waals surface area contributed by atoms with E-state index in [0.717, 1.165) is 11.2 Å². The summed E-state index contributed by atoms with van der Waals surface area (Å²) in [6, 6.07) is 0. The van der Waals surface area contributed by atoms with E-state index < -0.39 is 0 Å². The van der Waals surface area contributed by atoms with E-state index in [2.05, 4.69) is 4.99 Å². The fraction of sp³-hybridized carbons (Fsp3) is 0.400. The first-order valence-corrected chi connectivity index (χ1v) is 2.63. The summed E-state index contributed by atoms with van der Waals surface area (Å²) in [5.41, 5.74) is 1.95. The predicted molar refractivity (Wildman–Crippen MR) is 35.2 cm³/mol. The van der Waals surface area contributed by atoms with Crippen molar-refractivity contribution >= 4 is 17.3 Å². The number of rotatable bonds is 2. The normalized spacial score (nSPS) is 13.1. The number of aliphatic hydroxyl groups is 1. The van der Waals surface area contributed by atoms with Crippen LogP contribution in [0.4, 0.5) is 0 Å². The van der Waals surface area contributed by atoms with Crippen LogP contribution >= 0.6 is 11.6 Å². The molecule has 3 heteroatoms. The Bertz CT molecular complexity index is 109. The van der Waals surface area contributed by atoms with Gasteiger partial charge in [0.05, 0.1) is 12.3 Å². The molecule has 46 valence electrons. The molecule has 0 amide bonds. The molecule has 0 unspecified atom stereocenters. The zero-order valence-corrected chi connectivity index (χ0v) is 5.39. The van der Waals surface area contributed by atoms with Crippen LogP contribution in [0.3, 0.4) is 0 Å². The highest BCUT2D eigenvalue weighted by molar-refractivity contribution is 6.56. The molecule has 0 rings (SSSR count). The van der Waals surface area contributed by atoms with Crippen molar-refractivity contribution in [1.82, 2.24) is 0 Å². The second-order valence-corrected chi connectivity index (χ2v) is 1.58. The van der Waals surface area contributed by atoms with Gasteiger partial charge in [-0.05, 0) is 12.5 Å². The molecule has 8 heavy (non-hydrogen) atoms. The van der Waals surface area contributed by atoms with Crippen molar-refractivity contribution in [2.75, 3.05) is 6.61 Å². The first-order valence-electron chi connectivity index (χ1n) is 2.19. The molecule has 0 bridgehead atoms. The number of aliphatic imine (C=N–C) groups is 1. The Labute approximate surface area is 53.5 Å². The summed E-state index contributed by atoms with van der Waals surface area (Å²) >= 11 is 5.08. The second-order valence-electron chi connectivity index (χ2n) is 1.38. The van der Waals surface area contributed by atoms with Gasteiger partial charge in [-0.1, -0.05) is 11.6 Å². The van der Waals surface area contributed by atoms with Gasteiger partial charge in [0.25, 0.3) is 0 Å². The van der Waals surface area contributed by atoms with Gasteiger partial charge in [0, 0.05) is 6.20 Å². The second kappa shape index (κ2) is 4.81. The molecule has 0 aromatic heterocycles. The van der Waals surface area contributed by atoms with Crippen LogP contribution in [-0.2, 0) is 0 Å². The van der Waals surface area contributed by atoms with E-state index in [9.17, 15) is 0 Å². The van der Waals surface area contributed by atoms with E-state index in [-0.39, 0.29) is 6.61 Å². The third kappa shape index (κ3) is 3.84. The molecule has 2 nitrogen and oxygen atoms in total. The van der Waals surface area contributed by atoms with E-state index in [4.69, 9.17) is 16.7 Å². The molecule has 0 atom stereocenters. The van der Waals surface area contributed by atoms with Crippen molar-refractivity contribution in [3.8, 4) is 0 Å². The third-order valence-corrected chi connectivity index (χ3v) is 0.713. The van der Waals surface area contributed by atoms with Crippen LogP contribution < -0.4 is 0 Å². The molecule has 0 saturated heterocycles. The van der Waals surface area contributed by atoms with Crippen LogP contribution in [0.15, 0.2) is 16.8 Å². The average Bonchev–Trinajstić information content (AvgIpc) is 1.83. The minimum atomic E-state index is 0.0359. The zero-order valence-electron chi connectivity index (χ0n) is 4.63. The van der Waals surface area contributed by atoms with Gasteiger partial charge in [0.2, 0.25) is 0 Å². The number of hydrogen-bond acceptors (Lipinski definition) is 2. The Kier molecular flexibility index (Phi) is 4.61. The van der Waals surface area contributed by atoms with E-state index >= 15 is 0 Å². The summed E-state index contributed by atoms with van der Waals surface area (Å²) < 4.78 is 0. The quantitative estimate of drug-likeness (QED) is 0.564. The monoisotopic (exact) mass is 133 g/mol. The maximum absolute atomic E-state index is 8.38. The fourth-order valence-corrected chi connectivity index (χ4v) is 0.253. The lowest BCUT2D eigenvalue weighted by molar-refractivity contribution is 0.331. The SMILES string of the molecule is C/C(=C\N=C/Cl)CO. The van der Waals surface area contributed by atoms with Crippen molar-refractivity contribution in [3.05, 3.63) is 11.8 Å². The highest BCUT2D eigenvalue weighted by Crippen LogP contribution is 1.88.